The molecule has 1 N–H and O–H groups in total. The minimum Gasteiger partial charge on any atom is -0.417 e. The number of amides is 1. The van der Waals surface area contributed by atoms with Gasteiger partial charge in [-0.3, -0.25) is 15.3 Å². The Balaban J connectivity index is 2.76. The second kappa shape index (κ2) is 3.87. The Morgan fingerprint density at radius 1 is 1.75 bits per heavy atom. The van der Waals surface area contributed by atoms with Gasteiger partial charge in [0.05, 0.1) is 6.42 Å². The van der Waals surface area contributed by atoms with E-state index in [0.717, 1.165) is 0 Å². The molecule has 0 unspecified atom stereocenters. The molecular weight excluding hydrogens is 178 g/mol. The first-order valence-electron chi connectivity index (χ1n) is 3.15. The van der Waals surface area contributed by atoms with Crippen molar-refractivity contribution in [2.75, 3.05) is 0 Å². The molecule has 0 aliphatic carbocycles. The van der Waals surface area contributed by atoms with Crippen molar-refractivity contribution >= 4 is 23.7 Å². The molecule has 1 heterocycles. The fourth-order valence-corrected chi connectivity index (χ4v) is 1.52. The zero-order chi connectivity index (χ0) is 8.97. The van der Waals surface area contributed by atoms with Crippen LogP contribution >= 0.6 is 11.3 Å². The third kappa shape index (κ3) is 2.06. The summed E-state index contributed by atoms with van der Waals surface area (Å²) >= 11 is 1.23. The van der Waals surface area contributed by atoms with Crippen molar-refractivity contribution in [3.63, 3.8) is 0 Å². The van der Waals surface area contributed by atoms with Gasteiger partial charge in [-0.1, -0.05) is 0 Å². The lowest BCUT2D eigenvalue weighted by molar-refractivity contribution is -0.121. The largest absolute Gasteiger partial charge is 0.417 e. The first-order chi connectivity index (χ1) is 5.74. The topological polar surface area (TPSA) is 67.2 Å². The molecule has 1 amide bonds. The predicted molar refractivity (Wildman–Crippen MR) is 42.8 cm³/mol. The molecule has 0 aliphatic rings. The van der Waals surface area contributed by atoms with Crippen LogP contribution in [-0.4, -0.2) is 12.4 Å². The first-order valence-corrected chi connectivity index (χ1v) is 4.03. The van der Waals surface area contributed by atoms with Crippen LogP contribution in [0, 0.1) is 0 Å². The third-order valence-electron chi connectivity index (χ3n) is 1.21. The molecule has 0 bridgehead atoms. The average molecular weight is 184 g/mol. The van der Waals surface area contributed by atoms with Crippen LogP contribution in [0.2, 0.25) is 0 Å². The molecule has 1 aromatic heterocycles. The van der Waals surface area contributed by atoms with E-state index in [0.29, 0.717) is 17.1 Å². The summed E-state index contributed by atoms with van der Waals surface area (Å²) in [4.78, 5) is 20.4. The molecule has 0 atom stereocenters. The van der Waals surface area contributed by atoms with Crippen LogP contribution in [0.25, 0.3) is 0 Å². The second-order valence-corrected chi connectivity index (χ2v) is 2.93. The second-order valence-electron chi connectivity index (χ2n) is 2.05. The minimum atomic E-state index is -0.691. The van der Waals surface area contributed by atoms with Gasteiger partial charge in [-0.15, -0.1) is 11.3 Å². The van der Waals surface area contributed by atoms with Crippen molar-refractivity contribution in [2.45, 2.75) is 6.42 Å². The third-order valence-corrected chi connectivity index (χ3v) is 2.06. The van der Waals surface area contributed by atoms with E-state index in [1.165, 1.54) is 11.3 Å². The van der Waals surface area contributed by atoms with Gasteiger partial charge in [-0.05, 0) is 11.4 Å². The van der Waals surface area contributed by atoms with Crippen LogP contribution in [0.4, 0.5) is 0 Å². The van der Waals surface area contributed by atoms with Crippen molar-refractivity contribution in [2.24, 2.45) is 0 Å². The molecule has 1 rings (SSSR count). The predicted octanol–water partition coefficient (Wildman–Crippen LogP) is 0.635. The Labute approximate surface area is 72.9 Å². The number of hydrogen-bond donors (Lipinski definition) is 0. The number of carbonyl (C=O) groups excluding carboxylic acids is 2. The molecule has 63 valence electrons. The molecule has 0 fully saturated rings. The number of carbonyl (C=O) groups is 2. The van der Waals surface area contributed by atoms with E-state index in [1.54, 1.807) is 11.4 Å². The Bertz CT molecular complexity index is 295. The summed E-state index contributed by atoms with van der Waals surface area (Å²) in [6, 6.07) is 1.66. The van der Waals surface area contributed by atoms with Crippen LogP contribution in [0.5, 0.6) is 5.06 Å². The van der Waals surface area contributed by atoms with Crippen LogP contribution in [0.3, 0.4) is 0 Å². The molecular formula is C7H6NO3S. The van der Waals surface area contributed by atoms with E-state index in [9.17, 15) is 9.59 Å². The maximum Gasteiger partial charge on any atom is 0.299 e. The van der Waals surface area contributed by atoms with Gasteiger partial charge < -0.3 is 4.74 Å². The van der Waals surface area contributed by atoms with Crippen molar-refractivity contribution < 1.29 is 14.3 Å². The lowest BCUT2D eigenvalue weighted by Gasteiger charge is -1.95. The number of nitrogens with one attached hydrogen (secondary N) is 1. The van der Waals surface area contributed by atoms with E-state index in [1.807, 2.05) is 0 Å². The molecule has 0 saturated heterocycles. The van der Waals surface area contributed by atoms with Gasteiger partial charge in [0, 0.05) is 5.56 Å². The van der Waals surface area contributed by atoms with Crippen molar-refractivity contribution in [1.82, 2.24) is 5.73 Å². The molecule has 0 aromatic carbocycles. The summed E-state index contributed by atoms with van der Waals surface area (Å²) in [5.41, 5.74) is 7.29. The van der Waals surface area contributed by atoms with Crippen LogP contribution < -0.4 is 10.5 Å². The van der Waals surface area contributed by atoms with Gasteiger partial charge in [0.1, 0.15) is 0 Å². The standard InChI is InChI=1S/C7H6NO3S/c8-6(10)3-5-1-2-12-7(5)11-4-9/h1-2,4,8H,3H2. The highest BCUT2D eigenvalue weighted by Crippen LogP contribution is 2.25. The van der Waals surface area contributed by atoms with Gasteiger partial charge in [-0.2, -0.15) is 0 Å². The molecule has 4 nitrogen and oxygen atoms in total. The Kier molecular flexibility index (Phi) is 2.82. The quantitative estimate of drug-likeness (QED) is 0.645. The highest BCUT2D eigenvalue weighted by atomic mass is 32.1. The van der Waals surface area contributed by atoms with E-state index in [2.05, 4.69) is 4.74 Å². The maximum atomic E-state index is 10.4. The summed E-state index contributed by atoms with van der Waals surface area (Å²) < 4.78 is 4.58. The zero-order valence-electron chi connectivity index (χ0n) is 6.07. The fraction of sp³-hybridized carbons (Fsp3) is 0.143. The summed E-state index contributed by atoms with van der Waals surface area (Å²) in [5.74, 6) is -0.691. The molecule has 12 heavy (non-hydrogen) atoms. The Morgan fingerprint density at radius 2 is 2.50 bits per heavy atom. The summed E-state index contributed by atoms with van der Waals surface area (Å²) in [6.45, 7) is 0.309. The van der Waals surface area contributed by atoms with Crippen molar-refractivity contribution in [1.29, 1.82) is 0 Å². The smallest absolute Gasteiger partial charge is 0.299 e. The maximum absolute atomic E-state index is 10.4. The number of ether oxygens (including phenoxy) is 1. The Morgan fingerprint density at radius 3 is 3.08 bits per heavy atom. The summed E-state index contributed by atoms with van der Waals surface area (Å²) in [7, 11) is 0. The minimum absolute atomic E-state index is 0.00727. The van der Waals surface area contributed by atoms with Gasteiger partial charge >= 0.3 is 0 Å². The molecule has 0 saturated carbocycles. The lowest BCUT2D eigenvalue weighted by atomic mass is 10.2. The zero-order valence-corrected chi connectivity index (χ0v) is 6.89. The highest BCUT2D eigenvalue weighted by Gasteiger charge is 2.07. The molecule has 1 radical (unpaired) electrons. The summed E-state index contributed by atoms with van der Waals surface area (Å²) in [6.07, 6.45) is -0.00727. The number of hydrogen-bond acceptors (Lipinski definition) is 4. The number of thiophene rings is 1. The number of rotatable bonds is 4. The monoisotopic (exact) mass is 184 g/mol. The molecule has 5 heteroatoms. The fourth-order valence-electron chi connectivity index (χ4n) is 0.773. The first kappa shape index (κ1) is 8.73. The van der Waals surface area contributed by atoms with Crippen LogP contribution in [0.15, 0.2) is 11.4 Å². The normalized spacial score (nSPS) is 9.33. The lowest BCUT2D eigenvalue weighted by Crippen LogP contribution is -2.02. The van der Waals surface area contributed by atoms with E-state index in [4.69, 9.17) is 5.73 Å². The SMILES string of the molecule is [NH]C(=O)Cc1ccsc1OC=O. The van der Waals surface area contributed by atoms with Crippen molar-refractivity contribution in [3.8, 4) is 5.06 Å². The molecule has 1 aromatic rings. The summed E-state index contributed by atoms with van der Waals surface area (Å²) in [5, 5.41) is 2.10. The van der Waals surface area contributed by atoms with E-state index >= 15 is 0 Å². The Hall–Kier alpha value is -1.36. The van der Waals surface area contributed by atoms with Gasteiger partial charge in [0.25, 0.3) is 6.47 Å². The van der Waals surface area contributed by atoms with Gasteiger partial charge in [0.15, 0.2) is 5.06 Å². The van der Waals surface area contributed by atoms with Gasteiger partial charge in [0.2, 0.25) is 5.91 Å². The molecule has 0 spiro atoms. The highest BCUT2D eigenvalue weighted by molar-refractivity contribution is 7.12. The van der Waals surface area contributed by atoms with E-state index < -0.39 is 5.91 Å². The van der Waals surface area contributed by atoms with Crippen molar-refractivity contribution in [3.05, 3.63) is 17.0 Å². The van der Waals surface area contributed by atoms with Crippen LogP contribution in [0.1, 0.15) is 5.56 Å². The average Bonchev–Trinajstić information content (AvgIpc) is 2.37. The molecule has 0 aliphatic heterocycles. The van der Waals surface area contributed by atoms with E-state index in [-0.39, 0.29) is 6.42 Å². The van der Waals surface area contributed by atoms with Gasteiger partial charge in [-0.25, -0.2) is 0 Å². The van der Waals surface area contributed by atoms with Crippen LogP contribution in [-0.2, 0) is 16.0 Å².